The third kappa shape index (κ3) is 3.97. The summed E-state index contributed by atoms with van der Waals surface area (Å²) < 4.78 is 46.9. The predicted molar refractivity (Wildman–Crippen MR) is 45.7 cm³/mol. The number of alkyl halides is 2. The van der Waals surface area contributed by atoms with Gasteiger partial charge in [0.05, 0.1) is 0 Å². The van der Waals surface area contributed by atoms with Crippen molar-refractivity contribution < 1.29 is 17.2 Å². The fraction of sp³-hybridized carbons (Fsp3) is 1.00. The number of hydrogen-bond donors (Lipinski definition) is 2. The molecular weight excluding hydrogens is 202 g/mol. The number of sulfonamides is 1. The zero-order chi connectivity index (χ0) is 10.6. The SMILES string of the molecule is CC(CN)C(C)NS(=O)(=O)C(F)F. The van der Waals surface area contributed by atoms with Crippen LogP contribution in [-0.4, -0.2) is 26.8 Å². The Labute approximate surface area is 76.5 Å². The molecule has 0 saturated heterocycles. The number of rotatable bonds is 5. The Kier molecular flexibility index (Phi) is 4.72. The first-order chi connectivity index (χ1) is 5.81. The molecule has 0 radical (unpaired) electrons. The zero-order valence-corrected chi connectivity index (χ0v) is 8.31. The van der Waals surface area contributed by atoms with Gasteiger partial charge in [0.25, 0.3) is 10.0 Å². The lowest BCUT2D eigenvalue weighted by molar-refractivity contribution is 0.230. The molecule has 0 amide bonds. The van der Waals surface area contributed by atoms with E-state index in [4.69, 9.17) is 5.73 Å². The summed E-state index contributed by atoms with van der Waals surface area (Å²) >= 11 is 0. The maximum absolute atomic E-state index is 11.9. The Balaban J connectivity index is 4.29. The van der Waals surface area contributed by atoms with Gasteiger partial charge in [-0.15, -0.1) is 0 Å². The van der Waals surface area contributed by atoms with Crippen molar-refractivity contribution in [2.45, 2.75) is 25.6 Å². The Morgan fingerprint density at radius 3 is 2.15 bits per heavy atom. The van der Waals surface area contributed by atoms with Gasteiger partial charge in [0.1, 0.15) is 0 Å². The molecule has 7 heteroatoms. The third-order valence-electron chi connectivity index (χ3n) is 1.81. The molecule has 2 unspecified atom stereocenters. The highest BCUT2D eigenvalue weighted by molar-refractivity contribution is 7.89. The zero-order valence-electron chi connectivity index (χ0n) is 7.50. The fourth-order valence-electron chi connectivity index (χ4n) is 0.631. The molecule has 0 bridgehead atoms. The Morgan fingerprint density at radius 2 is 1.85 bits per heavy atom. The molecule has 0 aromatic rings. The second-order valence-corrected chi connectivity index (χ2v) is 4.61. The number of nitrogens with one attached hydrogen (secondary N) is 1. The smallest absolute Gasteiger partial charge is 0.330 e. The molecule has 0 spiro atoms. The van der Waals surface area contributed by atoms with Gasteiger partial charge in [-0.1, -0.05) is 6.92 Å². The van der Waals surface area contributed by atoms with Crippen LogP contribution in [-0.2, 0) is 10.0 Å². The van der Waals surface area contributed by atoms with Gasteiger partial charge in [0.2, 0.25) is 0 Å². The van der Waals surface area contributed by atoms with Crippen LogP contribution in [0.5, 0.6) is 0 Å². The highest BCUT2D eigenvalue weighted by Crippen LogP contribution is 2.07. The summed E-state index contributed by atoms with van der Waals surface area (Å²) in [5, 5.41) is 0. The van der Waals surface area contributed by atoms with E-state index in [-0.39, 0.29) is 12.5 Å². The molecular formula is C6H14F2N2O2S. The summed E-state index contributed by atoms with van der Waals surface area (Å²) in [7, 11) is -4.49. The van der Waals surface area contributed by atoms with E-state index in [1.807, 2.05) is 4.72 Å². The highest BCUT2D eigenvalue weighted by Gasteiger charge is 2.27. The van der Waals surface area contributed by atoms with Crippen molar-refractivity contribution in [2.24, 2.45) is 11.7 Å². The molecule has 0 saturated carbocycles. The maximum Gasteiger partial charge on any atom is 0.350 e. The first-order valence-corrected chi connectivity index (χ1v) is 5.35. The number of nitrogens with two attached hydrogens (primary N) is 1. The average molecular weight is 216 g/mol. The van der Waals surface area contributed by atoms with E-state index < -0.39 is 21.8 Å². The van der Waals surface area contributed by atoms with Crippen LogP contribution in [0.4, 0.5) is 8.78 Å². The molecule has 0 heterocycles. The van der Waals surface area contributed by atoms with Crippen molar-refractivity contribution >= 4 is 10.0 Å². The Bertz CT molecular complexity index is 243. The topological polar surface area (TPSA) is 72.2 Å². The van der Waals surface area contributed by atoms with E-state index in [1.54, 1.807) is 6.92 Å². The van der Waals surface area contributed by atoms with Crippen LogP contribution < -0.4 is 10.5 Å². The van der Waals surface area contributed by atoms with E-state index in [1.165, 1.54) is 6.92 Å². The first-order valence-electron chi connectivity index (χ1n) is 3.80. The van der Waals surface area contributed by atoms with E-state index in [2.05, 4.69) is 0 Å². The van der Waals surface area contributed by atoms with Gasteiger partial charge in [0, 0.05) is 6.04 Å². The summed E-state index contributed by atoms with van der Waals surface area (Å²) in [5.41, 5.74) is 5.25. The summed E-state index contributed by atoms with van der Waals surface area (Å²) in [6.45, 7) is 3.42. The number of halogens is 2. The lowest BCUT2D eigenvalue weighted by atomic mass is 10.1. The largest absolute Gasteiger partial charge is 0.350 e. The predicted octanol–water partition coefficient (Wildman–Crippen LogP) is 0.112. The third-order valence-corrected chi connectivity index (χ3v) is 2.98. The molecule has 80 valence electrons. The minimum absolute atomic E-state index is 0.173. The first kappa shape index (κ1) is 12.7. The van der Waals surface area contributed by atoms with Gasteiger partial charge in [-0.2, -0.15) is 8.78 Å². The summed E-state index contributed by atoms with van der Waals surface area (Å²) in [5.74, 6) is -3.56. The molecule has 0 rings (SSSR count). The quantitative estimate of drug-likeness (QED) is 0.685. The standard InChI is InChI=1S/C6H14F2N2O2S/c1-4(3-9)5(2)10-13(11,12)6(7)8/h4-6,10H,3,9H2,1-2H3. The normalized spacial score (nSPS) is 17.4. The van der Waals surface area contributed by atoms with Gasteiger partial charge in [0.15, 0.2) is 0 Å². The minimum Gasteiger partial charge on any atom is -0.330 e. The molecule has 0 aromatic carbocycles. The summed E-state index contributed by atoms with van der Waals surface area (Å²) in [6, 6.07) is -0.580. The van der Waals surface area contributed by atoms with Crippen molar-refractivity contribution in [3.05, 3.63) is 0 Å². The van der Waals surface area contributed by atoms with Gasteiger partial charge in [-0.25, -0.2) is 13.1 Å². The van der Waals surface area contributed by atoms with Gasteiger partial charge < -0.3 is 5.73 Å². The highest BCUT2D eigenvalue weighted by atomic mass is 32.2. The minimum atomic E-state index is -4.49. The van der Waals surface area contributed by atoms with Crippen molar-refractivity contribution in [3.63, 3.8) is 0 Å². The number of hydrogen-bond acceptors (Lipinski definition) is 3. The molecule has 0 aromatic heterocycles. The van der Waals surface area contributed by atoms with Crippen molar-refractivity contribution in [3.8, 4) is 0 Å². The van der Waals surface area contributed by atoms with Crippen LogP contribution in [0.25, 0.3) is 0 Å². The van der Waals surface area contributed by atoms with Crippen LogP contribution in [0.1, 0.15) is 13.8 Å². The summed E-state index contributed by atoms with van der Waals surface area (Å²) in [6.07, 6.45) is 0. The lowest BCUT2D eigenvalue weighted by Gasteiger charge is -2.18. The molecule has 13 heavy (non-hydrogen) atoms. The monoisotopic (exact) mass is 216 g/mol. The maximum atomic E-state index is 11.9. The molecule has 3 N–H and O–H groups in total. The lowest BCUT2D eigenvalue weighted by Crippen LogP contribution is -2.42. The van der Waals surface area contributed by atoms with Crippen LogP contribution in [0, 0.1) is 5.92 Å². The van der Waals surface area contributed by atoms with Crippen LogP contribution >= 0.6 is 0 Å². The van der Waals surface area contributed by atoms with Crippen molar-refractivity contribution in [2.75, 3.05) is 6.54 Å². The van der Waals surface area contributed by atoms with Gasteiger partial charge in [-0.05, 0) is 19.4 Å². The Hall–Kier alpha value is -0.270. The van der Waals surface area contributed by atoms with E-state index in [0.717, 1.165) is 0 Å². The van der Waals surface area contributed by atoms with Crippen LogP contribution in [0.15, 0.2) is 0 Å². The average Bonchev–Trinajstić information content (AvgIpc) is 2.01. The molecule has 0 aliphatic heterocycles. The van der Waals surface area contributed by atoms with Crippen LogP contribution in [0.3, 0.4) is 0 Å². The summed E-state index contributed by atoms with van der Waals surface area (Å²) in [4.78, 5) is 0. The second kappa shape index (κ2) is 4.83. The fourth-order valence-corrected chi connectivity index (χ4v) is 1.48. The van der Waals surface area contributed by atoms with E-state index >= 15 is 0 Å². The van der Waals surface area contributed by atoms with E-state index in [9.17, 15) is 17.2 Å². The second-order valence-electron chi connectivity index (χ2n) is 2.93. The van der Waals surface area contributed by atoms with Crippen molar-refractivity contribution in [1.29, 1.82) is 0 Å². The van der Waals surface area contributed by atoms with Gasteiger partial charge >= 0.3 is 5.76 Å². The van der Waals surface area contributed by atoms with Crippen molar-refractivity contribution in [1.82, 2.24) is 4.72 Å². The molecule has 2 atom stereocenters. The molecule has 0 aliphatic carbocycles. The van der Waals surface area contributed by atoms with E-state index in [0.29, 0.717) is 0 Å². The molecule has 4 nitrogen and oxygen atoms in total. The molecule has 0 fully saturated rings. The Morgan fingerprint density at radius 1 is 1.38 bits per heavy atom. The van der Waals surface area contributed by atoms with Gasteiger partial charge in [-0.3, -0.25) is 0 Å². The van der Waals surface area contributed by atoms with Crippen LogP contribution in [0.2, 0.25) is 0 Å². The molecule has 0 aliphatic rings.